The van der Waals surface area contributed by atoms with Gasteiger partial charge in [-0.25, -0.2) is 0 Å². The second-order valence-electron chi connectivity index (χ2n) is 5.99. The summed E-state index contributed by atoms with van der Waals surface area (Å²) in [7, 11) is -6.74. The average molecular weight is 375 g/mol. The van der Waals surface area contributed by atoms with Gasteiger partial charge in [0.25, 0.3) is 0 Å². The van der Waals surface area contributed by atoms with Gasteiger partial charge in [0.2, 0.25) is 9.04 Å². The van der Waals surface area contributed by atoms with E-state index >= 15 is 0 Å². The second kappa shape index (κ2) is 9.16. The van der Waals surface area contributed by atoms with Gasteiger partial charge >= 0.3 is 8.80 Å². The van der Waals surface area contributed by atoms with E-state index in [9.17, 15) is 0 Å². The Morgan fingerprint density at radius 2 is 1.41 bits per heavy atom. The molecule has 0 radical (unpaired) electrons. The molecule has 0 amide bonds. The van der Waals surface area contributed by atoms with Gasteiger partial charge in [-0.3, -0.25) is 0 Å². The summed E-state index contributed by atoms with van der Waals surface area (Å²) in [4.78, 5) is 0. The van der Waals surface area contributed by atoms with E-state index in [2.05, 4.69) is 45.3 Å². The molecule has 0 aromatic heterocycles. The maximum Gasteiger partial charge on any atom is 0.519 e. The van der Waals surface area contributed by atoms with Crippen LogP contribution >= 0.6 is 0 Å². The van der Waals surface area contributed by atoms with Gasteiger partial charge < -0.3 is 17.1 Å². The van der Waals surface area contributed by atoms with E-state index < -0.39 is 35.9 Å². The lowest BCUT2D eigenvalue weighted by atomic mass is 10.3. The molecule has 0 fully saturated rings. The van der Waals surface area contributed by atoms with E-state index in [1.54, 1.807) is 0 Å². The quantitative estimate of drug-likeness (QED) is 0.621. The van der Waals surface area contributed by atoms with Crippen molar-refractivity contribution in [2.75, 3.05) is 6.61 Å². The number of rotatable bonds is 9. The standard InChI is InChI=1S/C14H30O4Si4/c1-8-15-22(17-20(4)5,18-21(6)7)14-12-10-9-11-13(14)16-19(2)3/h9-12,19-21H,8H2,1-7H3. The second-order valence-corrected chi connectivity index (χ2v) is 16.3. The molecule has 126 valence electrons. The van der Waals surface area contributed by atoms with Crippen molar-refractivity contribution in [3.05, 3.63) is 24.3 Å². The molecule has 0 aliphatic heterocycles. The zero-order valence-electron chi connectivity index (χ0n) is 14.9. The first-order chi connectivity index (χ1) is 10.3. The van der Waals surface area contributed by atoms with Crippen LogP contribution in [-0.4, -0.2) is 42.5 Å². The van der Waals surface area contributed by atoms with Gasteiger partial charge in [0.05, 0.1) is 5.19 Å². The van der Waals surface area contributed by atoms with Crippen LogP contribution in [0.15, 0.2) is 24.3 Å². The lowest BCUT2D eigenvalue weighted by Gasteiger charge is -2.34. The van der Waals surface area contributed by atoms with Crippen molar-refractivity contribution in [2.45, 2.75) is 46.2 Å². The molecule has 4 nitrogen and oxygen atoms in total. The van der Waals surface area contributed by atoms with Crippen molar-refractivity contribution in [3.8, 4) is 5.75 Å². The Hall–Kier alpha value is -0.232. The fraction of sp³-hybridized carbons (Fsp3) is 0.571. The van der Waals surface area contributed by atoms with E-state index in [0.717, 1.165) is 10.9 Å². The van der Waals surface area contributed by atoms with Gasteiger partial charge in [0, 0.05) is 6.61 Å². The first-order valence-electron chi connectivity index (χ1n) is 8.06. The van der Waals surface area contributed by atoms with Gasteiger partial charge in [0.1, 0.15) is 5.75 Å². The van der Waals surface area contributed by atoms with Gasteiger partial charge in [-0.1, -0.05) is 18.2 Å². The third-order valence-electron chi connectivity index (χ3n) is 2.70. The number of hydrogen-bond donors (Lipinski definition) is 0. The largest absolute Gasteiger partial charge is 0.547 e. The van der Waals surface area contributed by atoms with Crippen molar-refractivity contribution in [1.29, 1.82) is 0 Å². The van der Waals surface area contributed by atoms with E-state index in [1.807, 2.05) is 25.1 Å². The summed E-state index contributed by atoms with van der Waals surface area (Å²) < 4.78 is 25.1. The SMILES string of the molecule is CCO[Si](O[SiH](C)C)(O[SiH](C)C)c1ccccc1O[SiH](C)C. The van der Waals surface area contributed by atoms with Crippen LogP contribution in [0.3, 0.4) is 0 Å². The molecular formula is C14H30O4Si4. The summed E-state index contributed by atoms with van der Waals surface area (Å²) in [6.45, 7) is 15.5. The molecule has 0 unspecified atom stereocenters. The van der Waals surface area contributed by atoms with Crippen LogP contribution in [0, 0.1) is 0 Å². The van der Waals surface area contributed by atoms with Crippen molar-refractivity contribution in [2.24, 2.45) is 0 Å². The minimum absolute atomic E-state index is 0.585. The van der Waals surface area contributed by atoms with Crippen molar-refractivity contribution >= 4 is 41.1 Å². The summed E-state index contributed by atoms with van der Waals surface area (Å²) in [5.74, 6) is 0.883. The molecule has 0 aliphatic rings. The molecule has 1 rings (SSSR count). The Labute approximate surface area is 141 Å². The Morgan fingerprint density at radius 3 is 1.86 bits per heavy atom. The van der Waals surface area contributed by atoms with Gasteiger partial charge in [-0.2, -0.15) is 0 Å². The van der Waals surface area contributed by atoms with Crippen LogP contribution in [0.25, 0.3) is 0 Å². The van der Waals surface area contributed by atoms with Crippen LogP contribution < -0.4 is 9.61 Å². The molecule has 0 saturated heterocycles. The first kappa shape index (κ1) is 19.8. The summed E-state index contributed by atoms with van der Waals surface area (Å²) in [6, 6.07) is 8.09. The highest BCUT2D eigenvalue weighted by Gasteiger charge is 2.47. The Kier molecular flexibility index (Phi) is 8.25. The van der Waals surface area contributed by atoms with Crippen LogP contribution in [0.2, 0.25) is 39.3 Å². The van der Waals surface area contributed by atoms with Crippen molar-refractivity contribution in [3.63, 3.8) is 0 Å². The minimum Gasteiger partial charge on any atom is -0.547 e. The van der Waals surface area contributed by atoms with E-state index in [1.165, 1.54) is 0 Å². The molecule has 0 aliphatic carbocycles. The first-order valence-corrected chi connectivity index (χ1v) is 18.1. The summed E-state index contributed by atoms with van der Waals surface area (Å²) in [5.41, 5.74) is 0. The smallest absolute Gasteiger partial charge is 0.519 e. The summed E-state index contributed by atoms with van der Waals surface area (Å²) in [5, 5.41) is 1.00. The molecule has 0 atom stereocenters. The number of para-hydroxylation sites is 1. The van der Waals surface area contributed by atoms with Gasteiger partial charge in [0.15, 0.2) is 18.1 Å². The molecule has 8 heteroatoms. The van der Waals surface area contributed by atoms with Gasteiger partial charge in [-0.15, -0.1) is 0 Å². The highest BCUT2D eigenvalue weighted by Crippen LogP contribution is 2.20. The lowest BCUT2D eigenvalue weighted by Crippen LogP contribution is -2.60. The van der Waals surface area contributed by atoms with Crippen LogP contribution in [0.5, 0.6) is 5.75 Å². The predicted octanol–water partition coefficient (Wildman–Crippen LogP) is 2.23. The maximum absolute atomic E-state index is 6.40. The number of benzene rings is 1. The molecule has 0 heterocycles. The highest BCUT2D eigenvalue weighted by molar-refractivity contribution is 6.85. The van der Waals surface area contributed by atoms with E-state index in [-0.39, 0.29) is 0 Å². The highest BCUT2D eigenvalue weighted by atomic mass is 28.5. The maximum atomic E-state index is 6.40. The van der Waals surface area contributed by atoms with E-state index in [4.69, 9.17) is 17.1 Å². The molecular weight excluding hydrogens is 344 g/mol. The third-order valence-corrected chi connectivity index (χ3v) is 11.4. The third kappa shape index (κ3) is 5.76. The van der Waals surface area contributed by atoms with Crippen LogP contribution in [0.1, 0.15) is 6.92 Å². The molecule has 1 aromatic rings. The van der Waals surface area contributed by atoms with Crippen LogP contribution in [0.4, 0.5) is 0 Å². The molecule has 0 saturated carbocycles. The normalized spacial score (nSPS) is 12.5. The number of hydrogen-bond acceptors (Lipinski definition) is 4. The van der Waals surface area contributed by atoms with E-state index in [0.29, 0.717) is 6.61 Å². The molecule has 1 aromatic carbocycles. The Morgan fingerprint density at radius 1 is 0.864 bits per heavy atom. The zero-order valence-corrected chi connectivity index (χ0v) is 19.3. The minimum atomic E-state index is -2.89. The summed E-state index contributed by atoms with van der Waals surface area (Å²) in [6.07, 6.45) is 0. The van der Waals surface area contributed by atoms with Crippen LogP contribution in [-0.2, 0) is 12.7 Å². The topological polar surface area (TPSA) is 36.9 Å². The van der Waals surface area contributed by atoms with Gasteiger partial charge in [-0.05, 0) is 52.3 Å². The predicted molar refractivity (Wildman–Crippen MR) is 103 cm³/mol. The lowest BCUT2D eigenvalue weighted by molar-refractivity contribution is 0.191. The summed E-state index contributed by atoms with van der Waals surface area (Å²) >= 11 is 0. The Bertz CT molecular complexity index is 444. The monoisotopic (exact) mass is 374 g/mol. The molecule has 0 bridgehead atoms. The zero-order chi connectivity index (χ0) is 16.8. The molecule has 22 heavy (non-hydrogen) atoms. The van der Waals surface area contributed by atoms with Crippen molar-refractivity contribution < 1.29 is 17.1 Å². The fourth-order valence-corrected chi connectivity index (χ4v) is 11.5. The van der Waals surface area contributed by atoms with Crippen molar-refractivity contribution in [1.82, 2.24) is 0 Å². The average Bonchev–Trinajstić information content (AvgIpc) is 2.37. The molecule has 0 spiro atoms. The molecule has 0 N–H and O–H groups in total. The fourth-order valence-electron chi connectivity index (χ4n) is 2.19. The Balaban J connectivity index is 3.34.